The first-order valence-corrected chi connectivity index (χ1v) is 8.30. The average molecular weight is 344 g/mol. The molecule has 134 valence electrons. The zero-order chi connectivity index (χ0) is 18.4. The van der Waals surface area contributed by atoms with Crippen molar-refractivity contribution in [1.29, 1.82) is 0 Å². The number of rotatable bonds is 6. The van der Waals surface area contributed by atoms with E-state index in [9.17, 15) is 9.59 Å². The molecule has 0 saturated carbocycles. The van der Waals surface area contributed by atoms with Gasteiger partial charge in [-0.1, -0.05) is 0 Å². The van der Waals surface area contributed by atoms with E-state index in [-0.39, 0.29) is 18.0 Å². The molecule has 1 aromatic heterocycles. The first kappa shape index (κ1) is 18.4. The number of urea groups is 1. The molecule has 0 aliphatic carbocycles. The second-order valence-electron chi connectivity index (χ2n) is 5.64. The van der Waals surface area contributed by atoms with Gasteiger partial charge in [-0.3, -0.25) is 4.79 Å². The monoisotopic (exact) mass is 344 g/mol. The van der Waals surface area contributed by atoms with Crippen molar-refractivity contribution in [3.8, 4) is 0 Å². The minimum absolute atomic E-state index is 0.130. The first-order chi connectivity index (χ1) is 12.0. The van der Waals surface area contributed by atoms with Crippen LogP contribution in [0, 0.1) is 6.92 Å². The summed E-state index contributed by atoms with van der Waals surface area (Å²) in [7, 11) is 0. The molecule has 0 fully saturated rings. The molecule has 25 heavy (non-hydrogen) atoms. The van der Waals surface area contributed by atoms with Crippen LogP contribution >= 0.6 is 0 Å². The molecule has 0 aliphatic heterocycles. The highest BCUT2D eigenvalue weighted by Gasteiger charge is 2.16. The number of benzene rings is 1. The molecule has 1 heterocycles. The number of hydrogen-bond acceptors (Lipinski definition) is 4. The lowest BCUT2D eigenvalue weighted by atomic mass is 10.1. The maximum Gasteiger partial charge on any atom is 0.319 e. The lowest BCUT2D eigenvalue weighted by molar-refractivity contribution is 0.0955. The highest BCUT2D eigenvalue weighted by atomic mass is 16.2. The highest BCUT2D eigenvalue weighted by molar-refractivity contribution is 5.96. The Morgan fingerprint density at radius 1 is 1.28 bits per heavy atom. The number of hydrogen-bond donors (Lipinski definition) is 3. The van der Waals surface area contributed by atoms with Crippen LogP contribution in [0.2, 0.25) is 0 Å². The van der Waals surface area contributed by atoms with Crippen LogP contribution in [0.3, 0.4) is 0 Å². The van der Waals surface area contributed by atoms with Crippen LogP contribution in [0.1, 0.15) is 48.6 Å². The van der Waals surface area contributed by atoms with E-state index in [1.54, 1.807) is 22.9 Å². The Balaban J connectivity index is 2.02. The topological polar surface area (TPSA) is 101 Å². The number of nitrogens with one attached hydrogen (secondary N) is 3. The maximum absolute atomic E-state index is 12.2. The molecule has 0 spiro atoms. The quantitative estimate of drug-likeness (QED) is 0.748. The summed E-state index contributed by atoms with van der Waals surface area (Å²) in [5.74, 6) is 0.565. The third-order valence-corrected chi connectivity index (χ3v) is 3.75. The van der Waals surface area contributed by atoms with Crippen molar-refractivity contribution in [3.05, 3.63) is 41.5 Å². The SMILES string of the molecule is CCNC(=O)c1ccc(NC(=O)NC(C)c2ncnn2CC)c(C)c1. The van der Waals surface area contributed by atoms with E-state index < -0.39 is 0 Å². The fourth-order valence-corrected chi connectivity index (χ4v) is 2.48. The lowest BCUT2D eigenvalue weighted by Gasteiger charge is -2.16. The Labute approximate surface area is 147 Å². The molecular formula is C17H24N6O2. The fourth-order valence-electron chi connectivity index (χ4n) is 2.48. The van der Waals surface area contributed by atoms with E-state index in [0.717, 1.165) is 5.56 Å². The largest absolute Gasteiger partial charge is 0.352 e. The summed E-state index contributed by atoms with van der Waals surface area (Å²) in [6.45, 7) is 8.77. The van der Waals surface area contributed by atoms with Gasteiger partial charge in [0.25, 0.3) is 5.91 Å². The van der Waals surface area contributed by atoms with Gasteiger partial charge in [-0.15, -0.1) is 0 Å². The predicted molar refractivity (Wildman–Crippen MR) is 95.5 cm³/mol. The second-order valence-corrected chi connectivity index (χ2v) is 5.64. The minimum Gasteiger partial charge on any atom is -0.352 e. The van der Waals surface area contributed by atoms with E-state index in [2.05, 4.69) is 26.0 Å². The van der Waals surface area contributed by atoms with Gasteiger partial charge in [0.05, 0.1) is 6.04 Å². The summed E-state index contributed by atoms with van der Waals surface area (Å²) in [5.41, 5.74) is 2.02. The highest BCUT2D eigenvalue weighted by Crippen LogP contribution is 2.17. The van der Waals surface area contributed by atoms with Crippen LogP contribution in [-0.4, -0.2) is 33.2 Å². The van der Waals surface area contributed by atoms with Gasteiger partial charge in [0.2, 0.25) is 0 Å². The van der Waals surface area contributed by atoms with E-state index >= 15 is 0 Å². The van der Waals surface area contributed by atoms with E-state index in [4.69, 9.17) is 0 Å². The van der Waals surface area contributed by atoms with Crippen LogP contribution in [0.4, 0.5) is 10.5 Å². The smallest absolute Gasteiger partial charge is 0.319 e. The Morgan fingerprint density at radius 2 is 2.04 bits per heavy atom. The standard InChI is InChI=1S/C17H24N6O2/c1-5-18-16(24)13-7-8-14(11(3)9-13)22-17(25)21-12(4)15-19-10-20-23(15)6-2/h7-10,12H,5-6H2,1-4H3,(H,18,24)(H2,21,22,25). The van der Waals surface area contributed by atoms with Gasteiger partial charge < -0.3 is 16.0 Å². The molecule has 3 amide bonds. The first-order valence-electron chi connectivity index (χ1n) is 8.30. The number of anilines is 1. The van der Waals surface area contributed by atoms with Crippen molar-refractivity contribution in [2.45, 2.75) is 40.3 Å². The van der Waals surface area contributed by atoms with Crippen LogP contribution in [-0.2, 0) is 6.54 Å². The Kier molecular flexibility index (Phi) is 6.10. The molecule has 8 heteroatoms. The van der Waals surface area contributed by atoms with Crippen molar-refractivity contribution < 1.29 is 9.59 Å². The molecule has 3 N–H and O–H groups in total. The molecule has 2 aromatic rings. The summed E-state index contributed by atoms with van der Waals surface area (Å²) in [6.07, 6.45) is 1.47. The molecule has 8 nitrogen and oxygen atoms in total. The minimum atomic E-state index is -0.341. The van der Waals surface area contributed by atoms with Gasteiger partial charge in [-0.25, -0.2) is 14.5 Å². The Morgan fingerprint density at radius 3 is 2.68 bits per heavy atom. The number of aryl methyl sites for hydroxylation is 2. The van der Waals surface area contributed by atoms with Gasteiger partial charge in [-0.05, 0) is 51.5 Å². The van der Waals surface area contributed by atoms with Crippen LogP contribution < -0.4 is 16.0 Å². The fraction of sp³-hybridized carbons (Fsp3) is 0.412. The number of carbonyl (C=O) groups is 2. The summed E-state index contributed by atoms with van der Waals surface area (Å²) in [6, 6.07) is 4.53. The summed E-state index contributed by atoms with van der Waals surface area (Å²) in [5, 5.41) is 12.5. The molecule has 1 unspecified atom stereocenters. The molecule has 0 saturated heterocycles. The summed E-state index contributed by atoms with van der Waals surface area (Å²) in [4.78, 5) is 28.3. The zero-order valence-electron chi connectivity index (χ0n) is 15.0. The number of nitrogens with zero attached hydrogens (tertiary/aromatic N) is 3. The number of amides is 3. The van der Waals surface area contributed by atoms with Crippen molar-refractivity contribution >= 4 is 17.6 Å². The van der Waals surface area contributed by atoms with Crippen molar-refractivity contribution in [2.75, 3.05) is 11.9 Å². The number of carbonyl (C=O) groups excluding carboxylic acids is 2. The van der Waals surface area contributed by atoms with E-state index in [0.29, 0.717) is 30.2 Å². The van der Waals surface area contributed by atoms with E-state index in [1.165, 1.54) is 6.33 Å². The van der Waals surface area contributed by atoms with Gasteiger partial charge in [0.15, 0.2) is 0 Å². The second kappa shape index (κ2) is 8.27. The Hall–Kier alpha value is -2.90. The lowest BCUT2D eigenvalue weighted by Crippen LogP contribution is -2.33. The van der Waals surface area contributed by atoms with Crippen LogP contribution in [0.15, 0.2) is 24.5 Å². The van der Waals surface area contributed by atoms with Gasteiger partial charge in [0, 0.05) is 24.3 Å². The summed E-state index contributed by atoms with van der Waals surface area (Å²) < 4.78 is 1.73. The van der Waals surface area contributed by atoms with Crippen molar-refractivity contribution in [2.24, 2.45) is 0 Å². The van der Waals surface area contributed by atoms with Gasteiger partial charge >= 0.3 is 6.03 Å². The van der Waals surface area contributed by atoms with Gasteiger partial charge in [0.1, 0.15) is 12.2 Å². The average Bonchev–Trinajstić information content (AvgIpc) is 3.05. The third-order valence-electron chi connectivity index (χ3n) is 3.75. The van der Waals surface area contributed by atoms with Crippen molar-refractivity contribution in [3.63, 3.8) is 0 Å². The van der Waals surface area contributed by atoms with Gasteiger partial charge in [-0.2, -0.15) is 5.10 Å². The molecule has 0 radical (unpaired) electrons. The summed E-state index contributed by atoms with van der Waals surface area (Å²) >= 11 is 0. The van der Waals surface area contributed by atoms with E-state index in [1.807, 2.05) is 27.7 Å². The van der Waals surface area contributed by atoms with Crippen molar-refractivity contribution in [1.82, 2.24) is 25.4 Å². The zero-order valence-corrected chi connectivity index (χ0v) is 15.0. The molecule has 0 aliphatic rings. The van der Waals surface area contributed by atoms with Crippen LogP contribution in [0.5, 0.6) is 0 Å². The molecule has 1 atom stereocenters. The molecule has 2 rings (SSSR count). The molecular weight excluding hydrogens is 320 g/mol. The molecule has 1 aromatic carbocycles. The third kappa shape index (κ3) is 4.56. The normalized spacial score (nSPS) is 11.7. The number of aromatic nitrogens is 3. The Bertz CT molecular complexity index is 755. The molecule has 0 bridgehead atoms. The van der Waals surface area contributed by atoms with Crippen LogP contribution in [0.25, 0.3) is 0 Å². The predicted octanol–water partition coefficient (Wildman–Crippen LogP) is 2.24. The maximum atomic E-state index is 12.2.